The van der Waals surface area contributed by atoms with Gasteiger partial charge in [0.2, 0.25) is 5.89 Å². The van der Waals surface area contributed by atoms with Crippen LogP contribution in [0.4, 0.5) is 4.39 Å². The number of rotatable bonds is 5. The lowest BCUT2D eigenvalue weighted by molar-refractivity contribution is 0.295. The van der Waals surface area contributed by atoms with Crippen LogP contribution < -0.4 is 5.73 Å². The van der Waals surface area contributed by atoms with Crippen molar-refractivity contribution >= 4 is 0 Å². The first-order valence-electron chi connectivity index (χ1n) is 5.62. The highest BCUT2D eigenvalue weighted by Gasteiger charge is 2.09. The van der Waals surface area contributed by atoms with Gasteiger partial charge in [0.15, 0.2) is 5.82 Å². The van der Waals surface area contributed by atoms with E-state index in [1.165, 1.54) is 6.07 Å². The van der Waals surface area contributed by atoms with E-state index in [1.54, 1.807) is 12.1 Å². The second kappa shape index (κ2) is 5.70. The van der Waals surface area contributed by atoms with Crippen molar-refractivity contribution in [2.24, 2.45) is 5.73 Å². The molecule has 6 heteroatoms. The van der Waals surface area contributed by atoms with Crippen molar-refractivity contribution in [3.05, 3.63) is 47.4 Å². The number of aromatic nitrogens is 2. The first-order valence-corrected chi connectivity index (χ1v) is 5.62. The maximum absolute atomic E-state index is 13.5. The number of hydrogen-bond acceptors (Lipinski definition) is 5. The van der Waals surface area contributed by atoms with Crippen molar-refractivity contribution in [3.63, 3.8) is 0 Å². The molecule has 0 aliphatic carbocycles. The Morgan fingerprint density at radius 2 is 2.11 bits per heavy atom. The molecule has 1 heterocycles. The molecule has 0 fully saturated rings. The Morgan fingerprint density at radius 1 is 1.33 bits per heavy atom. The van der Waals surface area contributed by atoms with Crippen molar-refractivity contribution in [1.82, 2.24) is 15.0 Å². The Morgan fingerprint density at radius 3 is 2.78 bits per heavy atom. The molecule has 5 nitrogen and oxygen atoms in total. The molecule has 0 unspecified atom stereocenters. The molecule has 0 aliphatic heterocycles. The number of nitrogens with zero attached hydrogens (tertiary/aromatic N) is 3. The third-order valence-electron chi connectivity index (χ3n) is 2.49. The summed E-state index contributed by atoms with van der Waals surface area (Å²) in [4.78, 5) is 6.00. The average Bonchev–Trinajstić information content (AvgIpc) is 2.80. The smallest absolute Gasteiger partial charge is 0.240 e. The number of benzene rings is 1. The first-order chi connectivity index (χ1) is 8.69. The van der Waals surface area contributed by atoms with E-state index in [0.717, 1.165) is 0 Å². The second-order valence-electron chi connectivity index (χ2n) is 4.07. The van der Waals surface area contributed by atoms with E-state index in [2.05, 4.69) is 10.1 Å². The van der Waals surface area contributed by atoms with Gasteiger partial charge in [-0.25, -0.2) is 4.39 Å². The molecule has 0 atom stereocenters. The van der Waals surface area contributed by atoms with E-state index in [1.807, 2.05) is 18.0 Å². The maximum Gasteiger partial charge on any atom is 0.240 e. The highest BCUT2D eigenvalue weighted by molar-refractivity contribution is 5.17. The fraction of sp³-hybridized carbons (Fsp3) is 0.333. The van der Waals surface area contributed by atoms with Gasteiger partial charge in [-0.3, -0.25) is 4.90 Å². The summed E-state index contributed by atoms with van der Waals surface area (Å²) in [6.45, 7) is 1.20. The summed E-state index contributed by atoms with van der Waals surface area (Å²) in [5.74, 6) is 0.749. The molecular weight excluding hydrogens is 235 g/mol. The van der Waals surface area contributed by atoms with Gasteiger partial charge in [0.1, 0.15) is 5.82 Å². The summed E-state index contributed by atoms with van der Waals surface area (Å²) < 4.78 is 18.4. The number of halogens is 1. The summed E-state index contributed by atoms with van der Waals surface area (Å²) in [7, 11) is 1.87. The van der Waals surface area contributed by atoms with Crippen molar-refractivity contribution in [2.45, 2.75) is 19.6 Å². The Hall–Kier alpha value is -1.79. The predicted octanol–water partition coefficient (Wildman–Crippen LogP) is 1.30. The fourth-order valence-electron chi connectivity index (χ4n) is 1.65. The molecule has 0 amide bonds. The van der Waals surface area contributed by atoms with Gasteiger partial charge in [0, 0.05) is 12.1 Å². The summed E-state index contributed by atoms with van der Waals surface area (Å²) in [6, 6.07) is 6.69. The Balaban J connectivity index is 1.96. The highest BCUT2D eigenvalue weighted by Crippen LogP contribution is 2.10. The highest BCUT2D eigenvalue weighted by atomic mass is 19.1. The lowest BCUT2D eigenvalue weighted by atomic mass is 10.2. The quantitative estimate of drug-likeness (QED) is 0.866. The molecule has 2 rings (SSSR count). The Bertz CT molecular complexity index is 514. The predicted molar refractivity (Wildman–Crippen MR) is 63.8 cm³/mol. The zero-order valence-electron chi connectivity index (χ0n) is 10.1. The SMILES string of the molecule is CN(Cc1noc(CN)n1)Cc1ccccc1F. The van der Waals surface area contributed by atoms with E-state index in [0.29, 0.717) is 30.4 Å². The summed E-state index contributed by atoms with van der Waals surface area (Å²) in [6.07, 6.45) is 0. The molecular formula is C12H15FN4O. The van der Waals surface area contributed by atoms with Crippen LogP contribution in [0.1, 0.15) is 17.3 Å². The Labute approximate surface area is 104 Å². The van der Waals surface area contributed by atoms with E-state index in [9.17, 15) is 4.39 Å². The van der Waals surface area contributed by atoms with Gasteiger partial charge in [0.05, 0.1) is 13.1 Å². The van der Waals surface area contributed by atoms with Gasteiger partial charge in [-0.05, 0) is 13.1 Å². The minimum absolute atomic E-state index is 0.208. The molecule has 0 saturated heterocycles. The molecule has 0 aliphatic rings. The van der Waals surface area contributed by atoms with Gasteiger partial charge in [0.25, 0.3) is 0 Å². The van der Waals surface area contributed by atoms with Crippen LogP contribution >= 0.6 is 0 Å². The van der Waals surface area contributed by atoms with Crippen molar-refractivity contribution in [1.29, 1.82) is 0 Å². The largest absolute Gasteiger partial charge is 0.338 e. The van der Waals surface area contributed by atoms with E-state index in [-0.39, 0.29) is 12.4 Å². The topological polar surface area (TPSA) is 68.2 Å². The van der Waals surface area contributed by atoms with Crippen LogP contribution in [0, 0.1) is 5.82 Å². The molecule has 0 spiro atoms. The standard InChI is InChI=1S/C12H15FN4O/c1-17(7-9-4-2-3-5-10(9)13)8-11-15-12(6-14)18-16-11/h2-5H,6-8,14H2,1H3. The number of nitrogens with two attached hydrogens (primary N) is 1. The Kier molecular flexibility index (Phi) is 4.01. The van der Waals surface area contributed by atoms with E-state index >= 15 is 0 Å². The van der Waals surface area contributed by atoms with Crippen molar-refractivity contribution in [2.75, 3.05) is 7.05 Å². The molecule has 0 radical (unpaired) electrons. The second-order valence-corrected chi connectivity index (χ2v) is 4.07. The average molecular weight is 250 g/mol. The minimum Gasteiger partial charge on any atom is -0.338 e. The van der Waals surface area contributed by atoms with Crippen LogP contribution in [-0.4, -0.2) is 22.1 Å². The van der Waals surface area contributed by atoms with Crippen LogP contribution in [0.2, 0.25) is 0 Å². The lowest BCUT2D eigenvalue weighted by Crippen LogP contribution is -2.18. The zero-order valence-corrected chi connectivity index (χ0v) is 10.1. The third kappa shape index (κ3) is 3.12. The lowest BCUT2D eigenvalue weighted by Gasteiger charge is -2.14. The molecule has 2 N–H and O–H groups in total. The van der Waals surface area contributed by atoms with Crippen LogP contribution in [0.5, 0.6) is 0 Å². The normalized spacial score (nSPS) is 11.1. The van der Waals surface area contributed by atoms with Gasteiger partial charge in [-0.15, -0.1) is 0 Å². The zero-order chi connectivity index (χ0) is 13.0. The maximum atomic E-state index is 13.5. The first kappa shape index (κ1) is 12.7. The van der Waals surface area contributed by atoms with Crippen molar-refractivity contribution < 1.29 is 8.91 Å². The molecule has 2 aromatic rings. The van der Waals surface area contributed by atoms with Gasteiger partial charge >= 0.3 is 0 Å². The molecule has 96 valence electrons. The number of hydrogen-bond donors (Lipinski definition) is 1. The third-order valence-corrected chi connectivity index (χ3v) is 2.49. The van der Waals surface area contributed by atoms with Crippen LogP contribution in [0.25, 0.3) is 0 Å². The molecule has 1 aromatic carbocycles. The van der Waals surface area contributed by atoms with Crippen molar-refractivity contribution in [3.8, 4) is 0 Å². The minimum atomic E-state index is -0.208. The van der Waals surface area contributed by atoms with Gasteiger partial charge < -0.3 is 10.3 Å². The monoisotopic (exact) mass is 250 g/mol. The molecule has 0 bridgehead atoms. The molecule has 1 aromatic heterocycles. The van der Waals surface area contributed by atoms with Crippen LogP contribution in [0.15, 0.2) is 28.8 Å². The van der Waals surface area contributed by atoms with Crippen LogP contribution in [-0.2, 0) is 19.6 Å². The molecule has 0 saturated carbocycles. The van der Waals surface area contributed by atoms with Gasteiger partial charge in [-0.1, -0.05) is 23.4 Å². The van der Waals surface area contributed by atoms with E-state index < -0.39 is 0 Å². The fourth-order valence-corrected chi connectivity index (χ4v) is 1.65. The summed E-state index contributed by atoms with van der Waals surface area (Å²) >= 11 is 0. The van der Waals surface area contributed by atoms with Gasteiger partial charge in [-0.2, -0.15) is 4.98 Å². The summed E-state index contributed by atoms with van der Waals surface area (Å²) in [5.41, 5.74) is 6.02. The van der Waals surface area contributed by atoms with E-state index in [4.69, 9.17) is 10.3 Å². The van der Waals surface area contributed by atoms with Crippen LogP contribution in [0.3, 0.4) is 0 Å². The summed E-state index contributed by atoms with van der Waals surface area (Å²) in [5, 5.41) is 3.79. The molecule has 18 heavy (non-hydrogen) atoms.